The molecule has 0 aromatic heterocycles. The third kappa shape index (κ3) is 3.82. The maximum atomic E-state index is 11.1. The maximum Gasteiger partial charge on any atom is 0.307 e. The number of esters is 1. The van der Waals surface area contributed by atoms with Gasteiger partial charge in [0, 0.05) is 6.04 Å². The van der Waals surface area contributed by atoms with Crippen molar-refractivity contribution in [3.8, 4) is 0 Å². The Labute approximate surface area is 92.8 Å². The first kappa shape index (κ1) is 12.5. The molecule has 1 unspecified atom stereocenters. The van der Waals surface area contributed by atoms with Crippen LogP contribution >= 0.6 is 0 Å². The molecule has 0 aromatic rings. The highest BCUT2D eigenvalue weighted by molar-refractivity contribution is 5.69. The molecular weight excluding hydrogens is 190 g/mol. The summed E-state index contributed by atoms with van der Waals surface area (Å²) in [7, 11) is 1.45. The van der Waals surface area contributed by atoms with E-state index >= 15 is 0 Å². The van der Waals surface area contributed by atoms with Crippen LogP contribution in [-0.2, 0) is 9.53 Å². The zero-order valence-electron chi connectivity index (χ0n) is 10.4. The standard InChI is InChI=1S/C12H23NO2/c1-10(9-11(14)15-4)13-7-5-12(2,3)6-8-13/h10H,5-9H2,1-4H3. The Morgan fingerprint density at radius 2 is 1.93 bits per heavy atom. The van der Waals surface area contributed by atoms with Gasteiger partial charge in [-0.05, 0) is 38.3 Å². The van der Waals surface area contributed by atoms with Gasteiger partial charge in [-0.3, -0.25) is 4.79 Å². The quantitative estimate of drug-likeness (QED) is 0.672. The smallest absolute Gasteiger partial charge is 0.307 e. The van der Waals surface area contributed by atoms with Crippen LogP contribution in [-0.4, -0.2) is 37.1 Å². The summed E-state index contributed by atoms with van der Waals surface area (Å²) in [5.41, 5.74) is 0.474. The van der Waals surface area contributed by atoms with Gasteiger partial charge in [0.1, 0.15) is 0 Å². The lowest BCUT2D eigenvalue weighted by Gasteiger charge is -2.39. The predicted octanol–water partition coefficient (Wildman–Crippen LogP) is 2.06. The summed E-state index contributed by atoms with van der Waals surface area (Å²) in [5.74, 6) is -0.104. The molecule has 1 rings (SSSR count). The average molecular weight is 213 g/mol. The maximum absolute atomic E-state index is 11.1. The number of likely N-dealkylation sites (tertiary alicyclic amines) is 1. The van der Waals surface area contributed by atoms with Crippen LogP contribution in [0.4, 0.5) is 0 Å². The number of methoxy groups -OCH3 is 1. The zero-order chi connectivity index (χ0) is 11.5. The first-order valence-electron chi connectivity index (χ1n) is 5.75. The highest BCUT2D eigenvalue weighted by atomic mass is 16.5. The van der Waals surface area contributed by atoms with Crippen molar-refractivity contribution in [2.75, 3.05) is 20.2 Å². The van der Waals surface area contributed by atoms with Crippen molar-refractivity contribution in [3.05, 3.63) is 0 Å². The minimum absolute atomic E-state index is 0.104. The van der Waals surface area contributed by atoms with E-state index in [-0.39, 0.29) is 5.97 Å². The van der Waals surface area contributed by atoms with E-state index in [9.17, 15) is 4.79 Å². The van der Waals surface area contributed by atoms with Gasteiger partial charge >= 0.3 is 5.97 Å². The third-order valence-corrected chi connectivity index (χ3v) is 3.46. The van der Waals surface area contributed by atoms with Crippen LogP contribution < -0.4 is 0 Å². The van der Waals surface area contributed by atoms with Crippen LogP contribution in [0.15, 0.2) is 0 Å². The number of carbonyl (C=O) groups excluding carboxylic acids is 1. The highest BCUT2D eigenvalue weighted by Gasteiger charge is 2.28. The molecule has 3 heteroatoms. The summed E-state index contributed by atoms with van der Waals surface area (Å²) in [6.45, 7) is 8.94. The number of piperidine rings is 1. The molecule has 0 N–H and O–H groups in total. The minimum atomic E-state index is -0.104. The van der Waals surface area contributed by atoms with E-state index in [1.807, 2.05) is 0 Å². The lowest BCUT2D eigenvalue weighted by Crippen LogP contribution is -2.43. The average Bonchev–Trinajstić information content (AvgIpc) is 2.17. The molecule has 0 radical (unpaired) electrons. The van der Waals surface area contributed by atoms with Crippen molar-refractivity contribution in [2.24, 2.45) is 5.41 Å². The number of rotatable bonds is 3. The van der Waals surface area contributed by atoms with E-state index in [1.54, 1.807) is 0 Å². The molecule has 0 aromatic carbocycles. The Morgan fingerprint density at radius 3 is 2.40 bits per heavy atom. The van der Waals surface area contributed by atoms with E-state index in [0.717, 1.165) is 13.1 Å². The molecule has 3 nitrogen and oxygen atoms in total. The van der Waals surface area contributed by atoms with E-state index in [2.05, 4.69) is 30.4 Å². The van der Waals surface area contributed by atoms with Crippen LogP contribution in [0.25, 0.3) is 0 Å². The Bertz CT molecular complexity index is 216. The lowest BCUT2D eigenvalue weighted by atomic mass is 9.82. The molecule has 0 amide bonds. The Balaban J connectivity index is 2.36. The summed E-state index contributed by atoms with van der Waals surface area (Å²) in [5, 5.41) is 0. The number of carbonyl (C=O) groups is 1. The topological polar surface area (TPSA) is 29.5 Å². The molecule has 0 bridgehead atoms. The molecule has 1 aliphatic rings. The molecule has 1 saturated heterocycles. The number of hydrogen-bond donors (Lipinski definition) is 0. The Hall–Kier alpha value is -0.570. The summed E-state index contributed by atoms with van der Waals surface area (Å²) in [6, 6.07) is 0.313. The van der Waals surface area contributed by atoms with Crippen molar-refractivity contribution in [2.45, 2.75) is 46.1 Å². The number of nitrogens with zero attached hydrogens (tertiary/aromatic N) is 1. The van der Waals surface area contributed by atoms with Gasteiger partial charge in [0.2, 0.25) is 0 Å². The molecule has 1 aliphatic heterocycles. The molecule has 0 spiro atoms. The molecule has 1 atom stereocenters. The normalized spacial score (nSPS) is 23.5. The molecule has 88 valence electrons. The highest BCUT2D eigenvalue weighted by Crippen LogP contribution is 2.30. The van der Waals surface area contributed by atoms with E-state index in [1.165, 1.54) is 20.0 Å². The van der Waals surface area contributed by atoms with Crippen LogP contribution in [0.2, 0.25) is 0 Å². The third-order valence-electron chi connectivity index (χ3n) is 3.46. The Kier molecular flexibility index (Phi) is 4.14. The predicted molar refractivity (Wildman–Crippen MR) is 60.7 cm³/mol. The van der Waals surface area contributed by atoms with Crippen molar-refractivity contribution >= 4 is 5.97 Å². The summed E-state index contributed by atoms with van der Waals surface area (Å²) in [6.07, 6.45) is 2.95. The van der Waals surface area contributed by atoms with Crippen LogP contribution in [0.1, 0.15) is 40.0 Å². The van der Waals surface area contributed by atoms with Gasteiger partial charge in [0.15, 0.2) is 0 Å². The minimum Gasteiger partial charge on any atom is -0.469 e. The zero-order valence-corrected chi connectivity index (χ0v) is 10.4. The largest absolute Gasteiger partial charge is 0.469 e. The number of hydrogen-bond acceptors (Lipinski definition) is 3. The van der Waals surface area contributed by atoms with Crippen molar-refractivity contribution in [1.29, 1.82) is 0 Å². The summed E-state index contributed by atoms with van der Waals surface area (Å²) in [4.78, 5) is 13.5. The van der Waals surface area contributed by atoms with Gasteiger partial charge < -0.3 is 9.64 Å². The van der Waals surface area contributed by atoms with Crippen molar-refractivity contribution in [3.63, 3.8) is 0 Å². The van der Waals surface area contributed by atoms with E-state index < -0.39 is 0 Å². The molecule has 1 heterocycles. The molecule has 1 fully saturated rings. The van der Waals surface area contributed by atoms with Gasteiger partial charge in [-0.1, -0.05) is 13.8 Å². The first-order valence-corrected chi connectivity index (χ1v) is 5.75. The second kappa shape index (κ2) is 4.97. The van der Waals surface area contributed by atoms with Crippen LogP contribution in [0.5, 0.6) is 0 Å². The van der Waals surface area contributed by atoms with Crippen molar-refractivity contribution in [1.82, 2.24) is 4.90 Å². The first-order chi connectivity index (χ1) is 6.94. The lowest BCUT2D eigenvalue weighted by molar-refractivity contribution is -0.142. The van der Waals surface area contributed by atoms with Gasteiger partial charge in [-0.2, -0.15) is 0 Å². The van der Waals surface area contributed by atoms with Gasteiger partial charge in [0.05, 0.1) is 13.5 Å². The van der Waals surface area contributed by atoms with Crippen LogP contribution in [0.3, 0.4) is 0 Å². The molecule has 0 aliphatic carbocycles. The monoisotopic (exact) mass is 213 g/mol. The fourth-order valence-electron chi connectivity index (χ4n) is 2.02. The molecule has 0 saturated carbocycles. The van der Waals surface area contributed by atoms with Gasteiger partial charge in [-0.15, -0.1) is 0 Å². The SMILES string of the molecule is COC(=O)CC(C)N1CCC(C)(C)CC1. The fourth-order valence-corrected chi connectivity index (χ4v) is 2.02. The summed E-state index contributed by atoms with van der Waals surface area (Å²) < 4.78 is 4.69. The summed E-state index contributed by atoms with van der Waals surface area (Å²) >= 11 is 0. The molecule has 15 heavy (non-hydrogen) atoms. The van der Waals surface area contributed by atoms with Crippen LogP contribution in [0, 0.1) is 5.41 Å². The fraction of sp³-hybridized carbons (Fsp3) is 0.917. The van der Waals surface area contributed by atoms with Crippen molar-refractivity contribution < 1.29 is 9.53 Å². The number of ether oxygens (including phenoxy) is 1. The van der Waals surface area contributed by atoms with Gasteiger partial charge in [0.25, 0.3) is 0 Å². The van der Waals surface area contributed by atoms with E-state index in [4.69, 9.17) is 0 Å². The second-order valence-electron chi connectivity index (χ2n) is 5.33. The van der Waals surface area contributed by atoms with E-state index in [0.29, 0.717) is 17.9 Å². The Morgan fingerprint density at radius 1 is 1.40 bits per heavy atom. The molecular formula is C12H23NO2. The second-order valence-corrected chi connectivity index (χ2v) is 5.33. The van der Waals surface area contributed by atoms with Gasteiger partial charge in [-0.25, -0.2) is 0 Å².